The van der Waals surface area contributed by atoms with Crippen molar-refractivity contribution < 1.29 is 4.79 Å². The van der Waals surface area contributed by atoms with Gasteiger partial charge in [-0.1, -0.05) is 53.6 Å². The third-order valence-corrected chi connectivity index (χ3v) is 4.53. The molecule has 1 aliphatic carbocycles. The van der Waals surface area contributed by atoms with Gasteiger partial charge in [-0.15, -0.1) is 0 Å². The summed E-state index contributed by atoms with van der Waals surface area (Å²) in [4.78, 5) is 12.3. The summed E-state index contributed by atoms with van der Waals surface area (Å²) in [5.41, 5.74) is 2.13. The van der Waals surface area contributed by atoms with Crippen molar-refractivity contribution in [1.29, 1.82) is 0 Å². The molecule has 1 fully saturated rings. The molecule has 2 aromatic carbocycles. The Morgan fingerprint density at radius 2 is 1.77 bits per heavy atom. The van der Waals surface area contributed by atoms with E-state index in [2.05, 4.69) is 38.3 Å². The van der Waals surface area contributed by atoms with Crippen LogP contribution in [0.1, 0.15) is 17.9 Å². The second-order valence-corrected chi connectivity index (χ2v) is 6.33. The summed E-state index contributed by atoms with van der Waals surface area (Å²) in [6, 6.07) is 19.9. The van der Waals surface area contributed by atoms with E-state index in [0.717, 1.165) is 12.1 Å². The lowest BCUT2D eigenvalue weighted by atomic mass is 10.1. The predicted molar refractivity (Wildman–Crippen MR) is 97.9 cm³/mol. The molecule has 1 saturated carbocycles. The monoisotopic (exact) mass is 348 g/mol. The summed E-state index contributed by atoms with van der Waals surface area (Å²) in [5.74, 6) is 1.11. The van der Waals surface area contributed by atoms with E-state index in [0.29, 0.717) is 25.0 Å². The Morgan fingerprint density at radius 1 is 1.04 bits per heavy atom. The maximum atomic E-state index is 12.3. The number of amides is 1. The van der Waals surface area contributed by atoms with Crippen LogP contribution in [0.3, 0.4) is 0 Å². The Bertz CT molecular complexity index is 864. The molecule has 0 aliphatic heterocycles. The van der Waals surface area contributed by atoms with Crippen molar-refractivity contribution >= 4 is 11.9 Å². The van der Waals surface area contributed by atoms with Crippen LogP contribution in [0.2, 0.25) is 0 Å². The lowest BCUT2D eigenvalue weighted by Crippen LogP contribution is -2.30. The van der Waals surface area contributed by atoms with Crippen molar-refractivity contribution in [2.45, 2.75) is 12.3 Å². The first-order valence-corrected chi connectivity index (χ1v) is 8.73. The van der Waals surface area contributed by atoms with Crippen molar-refractivity contribution in [3.05, 3.63) is 66.2 Å². The molecule has 7 nitrogen and oxygen atoms in total. The number of carbonyl (C=O) groups is 1. The van der Waals surface area contributed by atoms with Crippen LogP contribution in [-0.2, 0) is 4.79 Å². The Balaban J connectivity index is 1.24. The maximum absolute atomic E-state index is 12.3. The quantitative estimate of drug-likeness (QED) is 0.638. The minimum absolute atomic E-state index is 0.0899. The summed E-state index contributed by atoms with van der Waals surface area (Å²) in [5, 5.41) is 17.8. The van der Waals surface area contributed by atoms with Crippen LogP contribution < -0.4 is 10.6 Å². The van der Waals surface area contributed by atoms with Crippen LogP contribution >= 0.6 is 0 Å². The first-order chi connectivity index (χ1) is 12.8. The van der Waals surface area contributed by atoms with Gasteiger partial charge in [0.1, 0.15) is 0 Å². The summed E-state index contributed by atoms with van der Waals surface area (Å²) < 4.78 is 1.63. The molecule has 1 aliphatic rings. The second-order valence-electron chi connectivity index (χ2n) is 6.33. The molecule has 0 saturated heterocycles. The minimum Gasteiger partial charge on any atom is -0.354 e. The third kappa shape index (κ3) is 3.56. The number of rotatable bonds is 7. The van der Waals surface area contributed by atoms with Crippen molar-refractivity contribution in [3.8, 4) is 5.69 Å². The van der Waals surface area contributed by atoms with E-state index >= 15 is 0 Å². The number of para-hydroxylation sites is 1. The highest BCUT2D eigenvalue weighted by molar-refractivity contribution is 5.82. The molecule has 2 N–H and O–H groups in total. The van der Waals surface area contributed by atoms with Gasteiger partial charge < -0.3 is 10.6 Å². The fourth-order valence-electron chi connectivity index (χ4n) is 3.08. The van der Waals surface area contributed by atoms with E-state index in [1.807, 2.05) is 48.5 Å². The van der Waals surface area contributed by atoms with Gasteiger partial charge in [-0.05, 0) is 40.5 Å². The van der Waals surface area contributed by atoms with Gasteiger partial charge in [-0.25, -0.2) is 0 Å². The molecular weight excluding hydrogens is 328 g/mol. The van der Waals surface area contributed by atoms with Gasteiger partial charge in [0.25, 0.3) is 0 Å². The van der Waals surface area contributed by atoms with E-state index < -0.39 is 0 Å². The molecule has 3 aromatic rings. The smallest absolute Gasteiger partial charge is 0.247 e. The Labute approximate surface area is 151 Å². The van der Waals surface area contributed by atoms with Crippen molar-refractivity contribution in [2.24, 2.45) is 5.92 Å². The molecular formula is C19H20N6O. The Hall–Kier alpha value is -3.22. The number of nitrogens with zero attached hydrogens (tertiary/aromatic N) is 4. The average Bonchev–Trinajstić information content (AvgIpc) is 3.37. The zero-order chi connectivity index (χ0) is 17.8. The molecule has 2 atom stereocenters. The highest BCUT2D eigenvalue weighted by Crippen LogP contribution is 2.47. The van der Waals surface area contributed by atoms with Crippen LogP contribution in [0.4, 0.5) is 5.95 Å². The van der Waals surface area contributed by atoms with Gasteiger partial charge in [-0.2, -0.15) is 4.68 Å². The SMILES string of the molecule is O=C(NCCNc1nnnn1-c1ccccc1)C1CC1c1ccccc1. The molecule has 1 amide bonds. The largest absolute Gasteiger partial charge is 0.354 e. The maximum Gasteiger partial charge on any atom is 0.247 e. The summed E-state index contributed by atoms with van der Waals surface area (Å²) in [6.07, 6.45) is 0.926. The van der Waals surface area contributed by atoms with Crippen molar-refractivity contribution in [1.82, 2.24) is 25.5 Å². The number of carbonyl (C=O) groups excluding carboxylic acids is 1. The highest BCUT2D eigenvalue weighted by Gasteiger charge is 2.43. The van der Waals surface area contributed by atoms with Gasteiger partial charge in [0, 0.05) is 19.0 Å². The molecule has 0 radical (unpaired) electrons. The number of aromatic nitrogens is 4. The molecule has 4 rings (SSSR count). The average molecular weight is 348 g/mol. The van der Waals surface area contributed by atoms with E-state index in [-0.39, 0.29) is 11.8 Å². The molecule has 2 unspecified atom stereocenters. The number of hydrogen-bond acceptors (Lipinski definition) is 5. The van der Waals surface area contributed by atoms with Crippen LogP contribution in [0.15, 0.2) is 60.7 Å². The van der Waals surface area contributed by atoms with E-state index in [4.69, 9.17) is 0 Å². The standard InChI is InChI=1S/C19H20N6O/c26-18(17-13-16(17)14-7-3-1-4-8-14)20-11-12-21-19-22-23-24-25(19)15-9-5-2-6-10-15/h1-10,16-17H,11-13H2,(H,20,26)(H,21,22,24). The highest BCUT2D eigenvalue weighted by atomic mass is 16.2. The Morgan fingerprint density at radius 3 is 2.54 bits per heavy atom. The van der Waals surface area contributed by atoms with Crippen LogP contribution in [0.25, 0.3) is 5.69 Å². The van der Waals surface area contributed by atoms with Gasteiger partial charge in [-0.3, -0.25) is 4.79 Å². The normalized spacial score (nSPS) is 18.3. The molecule has 0 spiro atoms. The Kier molecular flexibility index (Phi) is 4.59. The molecule has 7 heteroatoms. The van der Waals surface area contributed by atoms with Crippen LogP contribution in [0.5, 0.6) is 0 Å². The molecule has 132 valence electrons. The van der Waals surface area contributed by atoms with E-state index in [1.165, 1.54) is 5.56 Å². The summed E-state index contributed by atoms with van der Waals surface area (Å²) in [6.45, 7) is 1.08. The van der Waals surface area contributed by atoms with E-state index in [1.54, 1.807) is 4.68 Å². The summed E-state index contributed by atoms with van der Waals surface area (Å²) in [7, 11) is 0. The first kappa shape index (κ1) is 16.3. The van der Waals surface area contributed by atoms with Gasteiger partial charge in [0.2, 0.25) is 11.9 Å². The van der Waals surface area contributed by atoms with Gasteiger partial charge in [0.15, 0.2) is 0 Å². The number of hydrogen-bond donors (Lipinski definition) is 2. The fourth-order valence-corrected chi connectivity index (χ4v) is 3.08. The summed E-state index contributed by atoms with van der Waals surface area (Å²) >= 11 is 0. The predicted octanol–water partition coefficient (Wildman–Crippen LogP) is 1.99. The zero-order valence-electron chi connectivity index (χ0n) is 14.2. The number of tetrazole rings is 1. The minimum atomic E-state index is 0.0899. The van der Waals surface area contributed by atoms with Crippen LogP contribution in [0, 0.1) is 5.92 Å². The molecule has 1 aromatic heterocycles. The molecule has 26 heavy (non-hydrogen) atoms. The van der Waals surface area contributed by atoms with Crippen LogP contribution in [-0.4, -0.2) is 39.2 Å². The van der Waals surface area contributed by atoms with Crippen molar-refractivity contribution in [2.75, 3.05) is 18.4 Å². The van der Waals surface area contributed by atoms with Gasteiger partial charge in [0.05, 0.1) is 5.69 Å². The third-order valence-electron chi connectivity index (χ3n) is 4.53. The number of benzene rings is 2. The number of nitrogens with one attached hydrogen (secondary N) is 2. The topological polar surface area (TPSA) is 84.7 Å². The zero-order valence-corrected chi connectivity index (χ0v) is 14.2. The fraction of sp³-hybridized carbons (Fsp3) is 0.263. The molecule has 1 heterocycles. The number of anilines is 1. The van der Waals surface area contributed by atoms with E-state index in [9.17, 15) is 4.79 Å². The second kappa shape index (κ2) is 7.35. The molecule has 0 bridgehead atoms. The van der Waals surface area contributed by atoms with Gasteiger partial charge >= 0.3 is 0 Å². The lowest BCUT2D eigenvalue weighted by Gasteiger charge is -2.08. The van der Waals surface area contributed by atoms with Crippen molar-refractivity contribution in [3.63, 3.8) is 0 Å². The lowest BCUT2D eigenvalue weighted by molar-refractivity contribution is -0.122. The first-order valence-electron chi connectivity index (χ1n) is 8.73.